The van der Waals surface area contributed by atoms with Crippen molar-refractivity contribution in [2.75, 3.05) is 17.7 Å². The molecule has 0 fully saturated rings. The number of hydrogen-bond donors (Lipinski definition) is 3. The van der Waals surface area contributed by atoms with Gasteiger partial charge in [0.05, 0.1) is 0 Å². The standard InChI is InChI=1S/C17H21N3O/c1-13(12-17(21)18-2)19-15-8-10-16(11-9-15)20-14-6-4-3-5-7-14/h3-11,13,19-20H,12H2,1-2H3,(H,18,21). The van der Waals surface area contributed by atoms with E-state index in [2.05, 4.69) is 16.0 Å². The van der Waals surface area contributed by atoms with Gasteiger partial charge in [-0.15, -0.1) is 0 Å². The second kappa shape index (κ2) is 7.33. The van der Waals surface area contributed by atoms with Gasteiger partial charge >= 0.3 is 0 Å². The minimum atomic E-state index is 0.0392. The van der Waals surface area contributed by atoms with E-state index < -0.39 is 0 Å². The van der Waals surface area contributed by atoms with Gasteiger partial charge in [-0.1, -0.05) is 18.2 Å². The Morgan fingerprint density at radius 1 is 0.952 bits per heavy atom. The fourth-order valence-corrected chi connectivity index (χ4v) is 2.05. The zero-order valence-electron chi connectivity index (χ0n) is 12.4. The summed E-state index contributed by atoms with van der Waals surface area (Å²) in [6.07, 6.45) is 0.459. The Balaban J connectivity index is 1.91. The van der Waals surface area contributed by atoms with Crippen LogP contribution in [0.3, 0.4) is 0 Å². The number of carbonyl (C=O) groups excluding carboxylic acids is 1. The van der Waals surface area contributed by atoms with Crippen molar-refractivity contribution >= 4 is 23.0 Å². The fourth-order valence-electron chi connectivity index (χ4n) is 2.05. The van der Waals surface area contributed by atoms with Crippen LogP contribution in [0.15, 0.2) is 54.6 Å². The van der Waals surface area contributed by atoms with Gasteiger partial charge in [0, 0.05) is 36.6 Å². The summed E-state index contributed by atoms with van der Waals surface area (Å²) in [6, 6.07) is 18.2. The Labute approximate surface area is 125 Å². The molecule has 3 N–H and O–H groups in total. The van der Waals surface area contributed by atoms with Gasteiger partial charge < -0.3 is 16.0 Å². The lowest BCUT2D eigenvalue weighted by atomic mass is 10.2. The predicted molar refractivity (Wildman–Crippen MR) is 87.9 cm³/mol. The molecule has 110 valence electrons. The van der Waals surface area contributed by atoms with Crippen molar-refractivity contribution in [1.29, 1.82) is 0 Å². The van der Waals surface area contributed by atoms with Crippen LogP contribution in [-0.2, 0) is 4.79 Å². The van der Waals surface area contributed by atoms with Crippen LogP contribution in [-0.4, -0.2) is 19.0 Å². The first-order valence-corrected chi connectivity index (χ1v) is 7.06. The van der Waals surface area contributed by atoms with Crippen molar-refractivity contribution in [3.63, 3.8) is 0 Å². The third-order valence-corrected chi connectivity index (χ3v) is 3.13. The van der Waals surface area contributed by atoms with Crippen LogP contribution in [0.2, 0.25) is 0 Å². The monoisotopic (exact) mass is 283 g/mol. The lowest BCUT2D eigenvalue weighted by Gasteiger charge is -2.15. The zero-order chi connectivity index (χ0) is 15.1. The van der Waals surface area contributed by atoms with Crippen molar-refractivity contribution in [1.82, 2.24) is 5.32 Å². The summed E-state index contributed by atoms with van der Waals surface area (Å²) in [5.74, 6) is 0.0392. The molecule has 0 aromatic heterocycles. The average molecular weight is 283 g/mol. The van der Waals surface area contributed by atoms with Crippen molar-refractivity contribution in [3.8, 4) is 0 Å². The van der Waals surface area contributed by atoms with Crippen LogP contribution in [0.25, 0.3) is 0 Å². The van der Waals surface area contributed by atoms with Gasteiger partial charge in [-0.2, -0.15) is 0 Å². The number of para-hydroxylation sites is 1. The molecular weight excluding hydrogens is 262 g/mol. The second-order valence-corrected chi connectivity index (χ2v) is 4.99. The summed E-state index contributed by atoms with van der Waals surface area (Å²) in [5.41, 5.74) is 3.10. The first-order chi connectivity index (χ1) is 10.2. The number of benzene rings is 2. The highest BCUT2D eigenvalue weighted by atomic mass is 16.1. The van der Waals surface area contributed by atoms with E-state index in [1.165, 1.54) is 0 Å². The van der Waals surface area contributed by atoms with E-state index in [4.69, 9.17) is 0 Å². The highest BCUT2D eigenvalue weighted by Gasteiger charge is 2.07. The lowest BCUT2D eigenvalue weighted by Crippen LogP contribution is -2.26. The topological polar surface area (TPSA) is 53.2 Å². The maximum atomic E-state index is 11.3. The molecule has 0 heterocycles. The van der Waals surface area contributed by atoms with Crippen molar-refractivity contribution in [3.05, 3.63) is 54.6 Å². The first-order valence-electron chi connectivity index (χ1n) is 7.06. The molecule has 4 heteroatoms. The van der Waals surface area contributed by atoms with Crippen LogP contribution < -0.4 is 16.0 Å². The molecule has 4 nitrogen and oxygen atoms in total. The normalized spacial score (nSPS) is 11.5. The van der Waals surface area contributed by atoms with Crippen LogP contribution in [0.1, 0.15) is 13.3 Å². The molecule has 1 amide bonds. The molecule has 2 aromatic rings. The SMILES string of the molecule is CNC(=O)CC(C)Nc1ccc(Nc2ccccc2)cc1. The minimum Gasteiger partial charge on any atom is -0.382 e. The van der Waals surface area contributed by atoms with Gasteiger partial charge in [-0.25, -0.2) is 0 Å². The number of rotatable bonds is 6. The fraction of sp³-hybridized carbons (Fsp3) is 0.235. The third kappa shape index (κ3) is 4.84. The largest absolute Gasteiger partial charge is 0.382 e. The number of carbonyl (C=O) groups is 1. The van der Waals surface area contributed by atoms with E-state index in [0.29, 0.717) is 6.42 Å². The summed E-state index contributed by atoms with van der Waals surface area (Å²) in [6.45, 7) is 1.99. The number of hydrogen-bond acceptors (Lipinski definition) is 3. The van der Waals surface area contributed by atoms with E-state index >= 15 is 0 Å². The Morgan fingerprint density at radius 2 is 1.52 bits per heavy atom. The van der Waals surface area contributed by atoms with Gasteiger partial charge in [-0.3, -0.25) is 4.79 Å². The average Bonchev–Trinajstić information content (AvgIpc) is 2.50. The molecule has 2 rings (SSSR count). The first kappa shape index (κ1) is 14.9. The van der Waals surface area contributed by atoms with Gasteiger partial charge in [0.15, 0.2) is 0 Å². The van der Waals surface area contributed by atoms with Crippen LogP contribution in [0.5, 0.6) is 0 Å². The molecule has 0 aliphatic heterocycles. The highest BCUT2D eigenvalue weighted by Crippen LogP contribution is 2.19. The molecule has 1 atom stereocenters. The van der Waals surface area contributed by atoms with Crippen LogP contribution in [0.4, 0.5) is 17.1 Å². The predicted octanol–water partition coefficient (Wildman–Crippen LogP) is 3.37. The molecule has 0 bridgehead atoms. The maximum absolute atomic E-state index is 11.3. The molecule has 0 aliphatic rings. The van der Waals surface area contributed by atoms with E-state index in [1.807, 2.05) is 61.5 Å². The highest BCUT2D eigenvalue weighted by molar-refractivity contribution is 5.76. The third-order valence-electron chi connectivity index (χ3n) is 3.13. The lowest BCUT2D eigenvalue weighted by molar-refractivity contribution is -0.120. The number of amides is 1. The molecule has 0 saturated heterocycles. The van der Waals surface area contributed by atoms with E-state index in [-0.39, 0.29) is 11.9 Å². The molecule has 0 radical (unpaired) electrons. The Hall–Kier alpha value is -2.49. The van der Waals surface area contributed by atoms with Crippen molar-refractivity contribution in [2.45, 2.75) is 19.4 Å². The molecule has 1 unspecified atom stereocenters. The summed E-state index contributed by atoms with van der Waals surface area (Å²) in [7, 11) is 1.65. The van der Waals surface area contributed by atoms with Gasteiger partial charge in [0.1, 0.15) is 0 Å². The van der Waals surface area contributed by atoms with Crippen LogP contribution in [0, 0.1) is 0 Å². The molecular formula is C17H21N3O. The summed E-state index contributed by atoms with van der Waals surface area (Å²) >= 11 is 0. The molecule has 0 saturated carbocycles. The Bertz CT molecular complexity index is 566. The molecule has 2 aromatic carbocycles. The van der Waals surface area contributed by atoms with Gasteiger partial charge in [0.2, 0.25) is 5.91 Å². The molecule has 21 heavy (non-hydrogen) atoms. The van der Waals surface area contributed by atoms with E-state index in [0.717, 1.165) is 17.1 Å². The van der Waals surface area contributed by atoms with E-state index in [9.17, 15) is 4.79 Å². The zero-order valence-corrected chi connectivity index (χ0v) is 12.4. The summed E-state index contributed by atoms with van der Waals surface area (Å²) in [5, 5.41) is 9.27. The van der Waals surface area contributed by atoms with Crippen LogP contribution >= 0.6 is 0 Å². The number of anilines is 3. The van der Waals surface area contributed by atoms with Gasteiger partial charge in [-0.05, 0) is 43.3 Å². The van der Waals surface area contributed by atoms with Gasteiger partial charge in [0.25, 0.3) is 0 Å². The summed E-state index contributed by atoms with van der Waals surface area (Å²) < 4.78 is 0. The van der Waals surface area contributed by atoms with E-state index in [1.54, 1.807) is 7.05 Å². The van der Waals surface area contributed by atoms with Crippen molar-refractivity contribution < 1.29 is 4.79 Å². The molecule has 0 spiro atoms. The van der Waals surface area contributed by atoms with Crippen molar-refractivity contribution in [2.24, 2.45) is 0 Å². The molecule has 0 aliphatic carbocycles. The smallest absolute Gasteiger partial charge is 0.221 e. The minimum absolute atomic E-state index is 0.0392. The Kier molecular flexibility index (Phi) is 5.21. The number of nitrogens with one attached hydrogen (secondary N) is 3. The quantitative estimate of drug-likeness (QED) is 0.762. The summed E-state index contributed by atoms with van der Waals surface area (Å²) in [4.78, 5) is 11.3. The second-order valence-electron chi connectivity index (χ2n) is 4.99. The Morgan fingerprint density at radius 3 is 2.14 bits per heavy atom. The maximum Gasteiger partial charge on any atom is 0.221 e.